The second-order valence-electron chi connectivity index (χ2n) is 8.92. The minimum absolute atomic E-state index is 0. The molecule has 1 aliphatic carbocycles. The highest BCUT2D eigenvalue weighted by Gasteiger charge is 2.41. The molecular formula is C22H29ClN4O2S. The first-order valence-electron chi connectivity index (χ1n) is 11.1. The third-order valence-electron chi connectivity index (χ3n) is 7.13. The fraction of sp³-hybridized carbons (Fsp3) is 0.636. The second-order valence-corrected chi connectivity index (χ2v) is 10.1. The van der Waals surface area contributed by atoms with Gasteiger partial charge in [0.05, 0.1) is 22.8 Å². The van der Waals surface area contributed by atoms with Gasteiger partial charge in [0.2, 0.25) is 0 Å². The molecular weight excluding hydrogens is 420 g/mol. The number of fused-ring (bicyclic) bond motifs is 3. The van der Waals surface area contributed by atoms with Crippen LogP contribution in [0.2, 0.25) is 0 Å². The number of nitrogens with zero attached hydrogens (tertiary/aromatic N) is 2. The van der Waals surface area contributed by atoms with Gasteiger partial charge in [-0.05, 0) is 62.4 Å². The molecule has 0 unspecified atom stereocenters. The van der Waals surface area contributed by atoms with E-state index in [9.17, 15) is 4.79 Å². The number of carbonyl (C=O) groups excluding carboxylic acids is 1. The molecule has 2 N–H and O–H groups in total. The van der Waals surface area contributed by atoms with Crippen molar-refractivity contribution in [1.29, 1.82) is 0 Å². The molecule has 8 heteroatoms. The van der Waals surface area contributed by atoms with Crippen molar-refractivity contribution in [3.63, 3.8) is 0 Å². The van der Waals surface area contributed by atoms with Crippen LogP contribution in [0.15, 0.2) is 6.07 Å². The highest BCUT2D eigenvalue weighted by atomic mass is 35.5. The Balaban J connectivity index is 0.00000193. The van der Waals surface area contributed by atoms with Gasteiger partial charge in [0.1, 0.15) is 0 Å². The minimum atomic E-state index is -0.172. The van der Waals surface area contributed by atoms with E-state index in [0.29, 0.717) is 5.92 Å². The molecule has 1 saturated carbocycles. The lowest BCUT2D eigenvalue weighted by molar-refractivity contribution is -0.0792. The Hall–Kier alpha value is -1.41. The van der Waals surface area contributed by atoms with Crippen molar-refractivity contribution in [3.05, 3.63) is 38.3 Å². The van der Waals surface area contributed by atoms with E-state index in [4.69, 9.17) is 4.74 Å². The van der Waals surface area contributed by atoms with Crippen molar-refractivity contribution < 1.29 is 9.53 Å². The highest BCUT2D eigenvalue weighted by molar-refractivity contribution is 7.14. The molecule has 1 saturated heterocycles. The van der Waals surface area contributed by atoms with Gasteiger partial charge in [-0.25, -0.2) is 0 Å². The van der Waals surface area contributed by atoms with E-state index in [1.54, 1.807) is 11.3 Å². The number of thiophene rings is 1. The molecule has 0 radical (unpaired) electrons. The van der Waals surface area contributed by atoms with Gasteiger partial charge in [-0.2, -0.15) is 5.10 Å². The van der Waals surface area contributed by atoms with Gasteiger partial charge in [-0.1, -0.05) is 0 Å². The summed E-state index contributed by atoms with van der Waals surface area (Å²) in [6.45, 7) is 4.31. The molecule has 4 aliphatic rings. The van der Waals surface area contributed by atoms with Crippen molar-refractivity contribution in [1.82, 2.24) is 20.4 Å². The van der Waals surface area contributed by atoms with Crippen LogP contribution in [0.25, 0.3) is 0 Å². The maximum Gasteiger partial charge on any atom is 0.263 e. The van der Waals surface area contributed by atoms with E-state index in [0.717, 1.165) is 69.8 Å². The largest absolute Gasteiger partial charge is 0.370 e. The number of piperidine rings is 1. The molecule has 1 spiro atoms. The van der Waals surface area contributed by atoms with Gasteiger partial charge in [0, 0.05) is 42.4 Å². The van der Waals surface area contributed by atoms with Gasteiger partial charge >= 0.3 is 0 Å². The molecule has 2 aromatic heterocycles. The maximum absolute atomic E-state index is 13.4. The molecule has 0 aromatic carbocycles. The van der Waals surface area contributed by atoms with Crippen LogP contribution >= 0.6 is 23.7 Å². The Morgan fingerprint density at radius 2 is 2.00 bits per heavy atom. The number of hydrogen-bond donors (Lipinski definition) is 2. The summed E-state index contributed by atoms with van der Waals surface area (Å²) in [7, 11) is 0. The number of carbonyl (C=O) groups is 1. The van der Waals surface area contributed by atoms with Crippen LogP contribution in [-0.2, 0) is 29.6 Å². The fourth-order valence-corrected chi connectivity index (χ4v) is 6.53. The van der Waals surface area contributed by atoms with Gasteiger partial charge in [0.25, 0.3) is 5.91 Å². The average molecular weight is 449 g/mol. The number of rotatable bonds is 2. The van der Waals surface area contributed by atoms with Crippen LogP contribution in [-0.4, -0.2) is 53.8 Å². The van der Waals surface area contributed by atoms with Gasteiger partial charge < -0.3 is 15.0 Å². The maximum atomic E-state index is 13.4. The lowest BCUT2D eigenvalue weighted by atomic mass is 9.83. The summed E-state index contributed by atoms with van der Waals surface area (Å²) < 4.78 is 6.30. The number of aromatic nitrogens is 2. The molecule has 162 valence electrons. The Morgan fingerprint density at radius 1 is 1.20 bits per heavy atom. The van der Waals surface area contributed by atoms with E-state index >= 15 is 0 Å². The van der Waals surface area contributed by atoms with Gasteiger partial charge in [-0.15, -0.1) is 23.7 Å². The monoisotopic (exact) mass is 448 g/mol. The molecule has 0 bridgehead atoms. The van der Waals surface area contributed by atoms with E-state index in [-0.39, 0.29) is 23.9 Å². The molecule has 6 nitrogen and oxygen atoms in total. The normalized spacial score (nSPS) is 22.7. The predicted molar refractivity (Wildman–Crippen MR) is 119 cm³/mol. The molecule has 0 atom stereocenters. The summed E-state index contributed by atoms with van der Waals surface area (Å²) >= 11 is 1.70. The molecule has 1 amide bonds. The first kappa shape index (κ1) is 20.5. The number of H-pyrrole nitrogens is 1. The van der Waals surface area contributed by atoms with E-state index in [2.05, 4.69) is 26.5 Å². The molecule has 2 fully saturated rings. The van der Waals surface area contributed by atoms with Crippen molar-refractivity contribution in [2.24, 2.45) is 0 Å². The molecule has 3 aliphatic heterocycles. The van der Waals surface area contributed by atoms with E-state index in [1.807, 2.05) is 0 Å². The minimum Gasteiger partial charge on any atom is -0.370 e. The summed E-state index contributed by atoms with van der Waals surface area (Å²) in [6, 6.07) is 2.16. The van der Waals surface area contributed by atoms with Crippen molar-refractivity contribution in [2.45, 2.75) is 56.5 Å². The third-order valence-corrected chi connectivity index (χ3v) is 8.31. The molecule has 30 heavy (non-hydrogen) atoms. The predicted octanol–water partition coefficient (Wildman–Crippen LogP) is 3.16. The second kappa shape index (κ2) is 7.93. The Morgan fingerprint density at radius 3 is 2.80 bits per heavy atom. The summed E-state index contributed by atoms with van der Waals surface area (Å²) in [4.78, 5) is 17.7. The summed E-state index contributed by atoms with van der Waals surface area (Å²) in [6.07, 6.45) is 7.26. The number of aromatic amines is 1. The number of amides is 1. The zero-order valence-corrected chi connectivity index (χ0v) is 18.8. The zero-order chi connectivity index (χ0) is 19.4. The van der Waals surface area contributed by atoms with Crippen LogP contribution in [0.5, 0.6) is 0 Å². The average Bonchev–Trinajstić information content (AvgIpc) is 3.42. The standard InChI is InChI=1S/C22H28N4O2S.ClH/c27-21(26-10-3-15-17(4-11-26)24-25-20(15)14-1-2-14)19-13-16-18(29-19)5-12-28-22(16)6-8-23-9-7-22;/h13-14,23H,1-12H2,(H,24,25);1H. The topological polar surface area (TPSA) is 70.2 Å². The molecule has 6 rings (SSSR count). The first-order valence-corrected chi connectivity index (χ1v) is 11.9. The molecule has 2 aromatic rings. The Bertz CT molecular complexity index is 945. The molecule has 5 heterocycles. The van der Waals surface area contributed by atoms with Crippen LogP contribution in [0.1, 0.15) is 68.7 Å². The summed E-state index contributed by atoms with van der Waals surface area (Å²) in [5.41, 5.74) is 5.02. The zero-order valence-electron chi connectivity index (χ0n) is 17.2. The SMILES string of the molecule is Cl.O=C(c1cc2c(s1)CCOC21CCNCC1)N1CCc2[nH]nc(C3CC3)c2CC1. The number of nitrogens with one attached hydrogen (secondary N) is 2. The van der Waals surface area contributed by atoms with Crippen LogP contribution < -0.4 is 5.32 Å². The highest BCUT2D eigenvalue weighted by Crippen LogP contribution is 2.44. The van der Waals surface area contributed by atoms with Crippen molar-refractivity contribution in [2.75, 3.05) is 32.8 Å². The van der Waals surface area contributed by atoms with Gasteiger partial charge in [-0.3, -0.25) is 9.89 Å². The van der Waals surface area contributed by atoms with Gasteiger partial charge in [0.15, 0.2) is 0 Å². The first-order chi connectivity index (χ1) is 14.2. The van der Waals surface area contributed by atoms with Crippen LogP contribution in [0.3, 0.4) is 0 Å². The lowest BCUT2D eigenvalue weighted by Crippen LogP contribution is -2.44. The van der Waals surface area contributed by atoms with Crippen LogP contribution in [0.4, 0.5) is 0 Å². The van der Waals surface area contributed by atoms with Crippen molar-refractivity contribution >= 4 is 29.7 Å². The lowest BCUT2D eigenvalue weighted by Gasteiger charge is -2.40. The Labute approximate surface area is 187 Å². The number of ether oxygens (including phenoxy) is 1. The quantitative estimate of drug-likeness (QED) is 0.740. The van der Waals surface area contributed by atoms with E-state index in [1.165, 1.54) is 40.2 Å². The van der Waals surface area contributed by atoms with Crippen molar-refractivity contribution in [3.8, 4) is 0 Å². The fourth-order valence-electron chi connectivity index (χ4n) is 5.33. The number of halogens is 1. The smallest absolute Gasteiger partial charge is 0.263 e. The summed E-state index contributed by atoms with van der Waals surface area (Å²) in [5, 5.41) is 11.3. The number of hydrogen-bond acceptors (Lipinski definition) is 5. The third kappa shape index (κ3) is 3.40. The van der Waals surface area contributed by atoms with E-state index < -0.39 is 0 Å². The Kier molecular flexibility index (Phi) is 5.42. The van der Waals surface area contributed by atoms with Crippen LogP contribution in [0, 0.1) is 0 Å². The summed E-state index contributed by atoms with van der Waals surface area (Å²) in [5.74, 6) is 0.849.